The maximum Gasteiger partial charge on any atom is 0.245 e. The van der Waals surface area contributed by atoms with Crippen molar-refractivity contribution in [1.29, 1.82) is 0 Å². The van der Waals surface area contributed by atoms with E-state index in [0.717, 1.165) is 16.6 Å². The van der Waals surface area contributed by atoms with Gasteiger partial charge in [0.2, 0.25) is 18.6 Å². The number of amides is 2. The largest absolute Gasteiger partial charge is 0.454 e. The zero-order chi connectivity index (χ0) is 19.5. The zero-order valence-electron chi connectivity index (χ0n) is 15.4. The molecule has 0 unspecified atom stereocenters. The van der Waals surface area contributed by atoms with Gasteiger partial charge in [-0.15, -0.1) is 0 Å². The van der Waals surface area contributed by atoms with Crippen molar-refractivity contribution >= 4 is 22.8 Å². The van der Waals surface area contributed by atoms with Crippen LogP contribution in [0.3, 0.4) is 0 Å². The van der Waals surface area contributed by atoms with Crippen LogP contribution in [0.15, 0.2) is 42.5 Å². The Kier molecular flexibility index (Phi) is 4.84. The van der Waals surface area contributed by atoms with Gasteiger partial charge in [-0.3, -0.25) is 20.4 Å². The highest BCUT2D eigenvalue weighted by Crippen LogP contribution is 2.32. The van der Waals surface area contributed by atoms with E-state index in [1.165, 1.54) is 0 Å². The van der Waals surface area contributed by atoms with Gasteiger partial charge >= 0.3 is 0 Å². The highest BCUT2D eigenvalue weighted by atomic mass is 16.7. The molecular weight excluding hydrogens is 360 g/mol. The first-order valence-corrected chi connectivity index (χ1v) is 8.97. The monoisotopic (exact) mass is 380 g/mol. The van der Waals surface area contributed by atoms with Crippen LogP contribution in [0.4, 0.5) is 0 Å². The Labute approximate surface area is 161 Å². The van der Waals surface area contributed by atoms with Crippen LogP contribution in [-0.4, -0.2) is 28.2 Å². The summed E-state index contributed by atoms with van der Waals surface area (Å²) < 4.78 is 12.5. The minimum Gasteiger partial charge on any atom is -0.454 e. The van der Waals surface area contributed by atoms with Crippen LogP contribution in [0.1, 0.15) is 17.8 Å². The van der Waals surface area contributed by atoms with Gasteiger partial charge < -0.3 is 14.0 Å². The lowest BCUT2D eigenvalue weighted by Gasteiger charge is -2.08. The second-order valence-corrected chi connectivity index (χ2v) is 6.54. The Bertz CT molecular complexity index is 1040. The lowest BCUT2D eigenvalue weighted by atomic mass is 10.1. The molecule has 8 nitrogen and oxygen atoms in total. The zero-order valence-corrected chi connectivity index (χ0v) is 15.4. The summed E-state index contributed by atoms with van der Waals surface area (Å²) in [5, 5.41) is 0. The lowest BCUT2D eigenvalue weighted by molar-refractivity contribution is -0.128. The molecule has 8 heteroatoms. The molecule has 2 amide bonds. The number of imidazole rings is 1. The molecule has 144 valence electrons. The van der Waals surface area contributed by atoms with Gasteiger partial charge in [0.05, 0.1) is 17.5 Å². The van der Waals surface area contributed by atoms with Gasteiger partial charge in [0, 0.05) is 13.5 Å². The number of ether oxygens (including phenoxy) is 2. The first-order valence-electron chi connectivity index (χ1n) is 8.97. The number of nitrogens with one attached hydrogen (secondary N) is 2. The van der Waals surface area contributed by atoms with Gasteiger partial charge in [-0.25, -0.2) is 4.98 Å². The summed E-state index contributed by atoms with van der Waals surface area (Å²) in [6.45, 7) is 0.219. The normalized spacial score (nSPS) is 12.2. The highest BCUT2D eigenvalue weighted by molar-refractivity contribution is 5.84. The Morgan fingerprint density at radius 3 is 2.71 bits per heavy atom. The van der Waals surface area contributed by atoms with Crippen LogP contribution in [-0.2, 0) is 29.5 Å². The molecular formula is C20H20N4O4. The van der Waals surface area contributed by atoms with Crippen molar-refractivity contribution in [2.45, 2.75) is 19.3 Å². The lowest BCUT2D eigenvalue weighted by Crippen LogP contribution is -2.42. The molecule has 1 aliphatic rings. The molecule has 0 saturated heterocycles. The smallest absolute Gasteiger partial charge is 0.245 e. The van der Waals surface area contributed by atoms with E-state index in [4.69, 9.17) is 9.47 Å². The van der Waals surface area contributed by atoms with E-state index in [2.05, 4.69) is 15.8 Å². The molecule has 0 aliphatic carbocycles. The molecule has 0 atom stereocenters. The number of benzene rings is 2. The second kappa shape index (κ2) is 7.59. The van der Waals surface area contributed by atoms with E-state index >= 15 is 0 Å². The quantitative estimate of drug-likeness (QED) is 0.656. The first-order chi connectivity index (χ1) is 13.6. The maximum absolute atomic E-state index is 12.1. The SMILES string of the molecule is Cn1c(CC(=O)NNC(=O)CCc2ccc3c(c2)OCO3)nc2ccccc21. The van der Waals surface area contributed by atoms with E-state index in [1.807, 2.05) is 54.1 Å². The van der Waals surface area contributed by atoms with Crippen molar-refractivity contribution in [2.75, 3.05) is 6.79 Å². The number of carbonyl (C=O) groups is 2. The Balaban J connectivity index is 1.26. The molecule has 0 spiro atoms. The summed E-state index contributed by atoms with van der Waals surface area (Å²) in [5.74, 6) is 1.44. The number of rotatable bonds is 5. The van der Waals surface area contributed by atoms with E-state index < -0.39 is 0 Å². The van der Waals surface area contributed by atoms with E-state index in [0.29, 0.717) is 23.7 Å². The number of hydrazine groups is 1. The Morgan fingerprint density at radius 2 is 1.86 bits per heavy atom. The molecule has 0 bridgehead atoms. The number of hydrogen-bond donors (Lipinski definition) is 2. The van der Waals surface area contributed by atoms with E-state index in [-0.39, 0.29) is 31.4 Å². The molecule has 2 heterocycles. The Hall–Kier alpha value is -3.55. The summed E-state index contributed by atoms with van der Waals surface area (Å²) in [6, 6.07) is 13.3. The van der Waals surface area contributed by atoms with Crippen LogP contribution in [0.5, 0.6) is 11.5 Å². The molecule has 1 aliphatic heterocycles. The van der Waals surface area contributed by atoms with Gasteiger partial charge in [0.15, 0.2) is 11.5 Å². The fourth-order valence-corrected chi connectivity index (χ4v) is 3.10. The molecule has 0 saturated carbocycles. The third kappa shape index (κ3) is 3.75. The highest BCUT2D eigenvalue weighted by Gasteiger charge is 2.14. The average molecular weight is 380 g/mol. The third-order valence-electron chi connectivity index (χ3n) is 4.62. The van der Waals surface area contributed by atoms with Gasteiger partial charge in [0.1, 0.15) is 5.82 Å². The molecule has 0 fully saturated rings. The predicted octanol–water partition coefficient (Wildman–Crippen LogP) is 1.62. The number of aromatic nitrogens is 2. The standard InChI is InChI=1S/C20H20N4O4/c1-24-15-5-3-2-4-14(15)21-18(24)11-20(26)23-22-19(25)9-7-13-6-8-16-17(10-13)28-12-27-16/h2-6,8,10H,7,9,11-12H2,1H3,(H,22,25)(H,23,26). The minimum atomic E-state index is -0.324. The summed E-state index contributed by atoms with van der Waals surface area (Å²) >= 11 is 0. The van der Waals surface area contributed by atoms with Crippen LogP contribution in [0.25, 0.3) is 11.0 Å². The van der Waals surface area contributed by atoms with Crippen molar-refractivity contribution < 1.29 is 19.1 Å². The first kappa shape index (κ1) is 17.8. The summed E-state index contributed by atoms with van der Waals surface area (Å²) in [6.07, 6.45) is 0.850. The third-order valence-corrected chi connectivity index (χ3v) is 4.62. The summed E-state index contributed by atoms with van der Waals surface area (Å²) in [4.78, 5) is 28.6. The van der Waals surface area contributed by atoms with E-state index in [1.54, 1.807) is 0 Å². The average Bonchev–Trinajstić information content (AvgIpc) is 3.29. The predicted molar refractivity (Wildman–Crippen MR) is 102 cm³/mol. The molecule has 2 N–H and O–H groups in total. The Morgan fingerprint density at radius 1 is 1.07 bits per heavy atom. The number of aryl methyl sites for hydroxylation is 2. The molecule has 4 rings (SSSR count). The number of carbonyl (C=O) groups excluding carboxylic acids is 2. The minimum absolute atomic E-state index is 0.0770. The topological polar surface area (TPSA) is 94.5 Å². The fraction of sp³-hybridized carbons (Fsp3) is 0.250. The molecule has 0 radical (unpaired) electrons. The van der Waals surface area contributed by atoms with Crippen LogP contribution in [0.2, 0.25) is 0 Å². The van der Waals surface area contributed by atoms with Crippen molar-refractivity contribution in [3.8, 4) is 11.5 Å². The van der Waals surface area contributed by atoms with Crippen molar-refractivity contribution in [1.82, 2.24) is 20.4 Å². The number of fused-ring (bicyclic) bond motifs is 2. The van der Waals surface area contributed by atoms with Crippen LogP contribution < -0.4 is 20.3 Å². The second-order valence-electron chi connectivity index (χ2n) is 6.54. The van der Waals surface area contributed by atoms with Crippen molar-refractivity contribution in [3.05, 3.63) is 53.9 Å². The fourth-order valence-electron chi connectivity index (χ4n) is 3.10. The van der Waals surface area contributed by atoms with Gasteiger partial charge in [-0.2, -0.15) is 0 Å². The van der Waals surface area contributed by atoms with Crippen molar-refractivity contribution in [3.63, 3.8) is 0 Å². The van der Waals surface area contributed by atoms with Gasteiger partial charge in [-0.05, 0) is 36.2 Å². The maximum atomic E-state index is 12.1. The van der Waals surface area contributed by atoms with Crippen LogP contribution >= 0.6 is 0 Å². The van der Waals surface area contributed by atoms with Gasteiger partial charge in [-0.1, -0.05) is 18.2 Å². The van der Waals surface area contributed by atoms with Crippen LogP contribution in [0, 0.1) is 0 Å². The molecule has 1 aromatic heterocycles. The van der Waals surface area contributed by atoms with Crippen molar-refractivity contribution in [2.24, 2.45) is 7.05 Å². The number of para-hydroxylation sites is 2. The van der Waals surface area contributed by atoms with E-state index in [9.17, 15) is 9.59 Å². The molecule has 3 aromatic rings. The summed E-state index contributed by atoms with van der Waals surface area (Å²) in [7, 11) is 1.86. The number of nitrogens with zero attached hydrogens (tertiary/aromatic N) is 2. The number of hydrogen-bond acceptors (Lipinski definition) is 5. The molecule has 28 heavy (non-hydrogen) atoms. The molecule has 2 aromatic carbocycles. The van der Waals surface area contributed by atoms with Gasteiger partial charge in [0.25, 0.3) is 0 Å². The summed E-state index contributed by atoms with van der Waals surface area (Å²) in [5.41, 5.74) is 7.64.